The Bertz CT molecular complexity index is 1080. The molecule has 1 N–H and O–H groups in total. The standard InChI is InChI=1S/C19H16ClFN2O3S2/c1-13-4-7-15(8-5-13)23(28(25,26)19-3-2-10-27-19)12-18(24)22-14-6-9-17(21)16(20)11-14/h2-11H,12H2,1H3,(H,22,24). The second-order valence-corrected chi connectivity index (χ2v) is 9.40. The maximum Gasteiger partial charge on any atom is 0.274 e. The summed E-state index contributed by atoms with van der Waals surface area (Å²) in [5.41, 5.74) is 1.60. The van der Waals surface area contributed by atoms with E-state index in [0.717, 1.165) is 27.3 Å². The van der Waals surface area contributed by atoms with Gasteiger partial charge in [0.2, 0.25) is 5.91 Å². The lowest BCUT2D eigenvalue weighted by Crippen LogP contribution is -2.37. The Labute approximate surface area is 171 Å². The molecule has 3 aromatic rings. The van der Waals surface area contributed by atoms with Gasteiger partial charge in [0.15, 0.2) is 0 Å². The lowest BCUT2D eigenvalue weighted by atomic mass is 10.2. The van der Waals surface area contributed by atoms with Gasteiger partial charge in [0.05, 0.1) is 10.7 Å². The van der Waals surface area contributed by atoms with Crippen molar-refractivity contribution in [1.29, 1.82) is 0 Å². The fourth-order valence-corrected chi connectivity index (χ4v) is 5.16. The average molecular weight is 439 g/mol. The molecule has 5 nitrogen and oxygen atoms in total. The van der Waals surface area contributed by atoms with Gasteiger partial charge in [0.1, 0.15) is 16.6 Å². The maximum atomic E-state index is 13.3. The smallest absolute Gasteiger partial charge is 0.274 e. The highest BCUT2D eigenvalue weighted by Crippen LogP contribution is 2.27. The Morgan fingerprint density at radius 2 is 1.89 bits per heavy atom. The summed E-state index contributed by atoms with van der Waals surface area (Å²) in [6, 6.07) is 13.7. The van der Waals surface area contributed by atoms with Crippen LogP contribution < -0.4 is 9.62 Å². The number of carbonyl (C=O) groups is 1. The molecule has 1 amide bonds. The molecule has 0 aliphatic rings. The first kappa shape index (κ1) is 20.3. The first-order valence-corrected chi connectivity index (χ1v) is 10.8. The quantitative estimate of drug-likeness (QED) is 0.607. The molecule has 0 spiro atoms. The van der Waals surface area contributed by atoms with E-state index in [-0.39, 0.29) is 14.9 Å². The molecule has 3 rings (SSSR count). The largest absolute Gasteiger partial charge is 0.324 e. The molecule has 1 heterocycles. The molecule has 0 aliphatic heterocycles. The molecule has 2 aromatic carbocycles. The van der Waals surface area contributed by atoms with E-state index >= 15 is 0 Å². The van der Waals surface area contributed by atoms with Crippen molar-refractivity contribution in [3.05, 3.63) is 76.4 Å². The van der Waals surface area contributed by atoms with Crippen LogP contribution >= 0.6 is 22.9 Å². The minimum atomic E-state index is -3.92. The lowest BCUT2D eigenvalue weighted by Gasteiger charge is -2.23. The van der Waals surface area contributed by atoms with E-state index in [0.29, 0.717) is 5.69 Å². The van der Waals surface area contributed by atoms with Gasteiger partial charge in [-0.15, -0.1) is 11.3 Å². The third-order valence-electron chi connectivity index (χ3n) is 3.85. The lowest BCUT2D eigenvalue weighted by molar-refractivity contribution is -0.114. The van der Waals surface area contributed by atoms with Gasteiger partial charge in [0.25, 0.3) is 10.0 Å². The molecule has 0 fully saturated rings. The Morgan fingerprint density at radius 1 is 1.18 bits per heavy atom. The first-order chi connectivity index (χ1) is 13.3. The van der Waals surface area contributed by atoms with Crippen molar-refractivity contribution >= 4 is 50.2 Å². The Morgan fingerprint density at radius 3 is 2.50 bits per heavy atom. The second-order valence-electron chi connectivity index (χ2n) is 5.96. The number of carbonyl (C=O) groups excluding carboxylic acids is 1. The Kier molecular flexibility index (Phi) is 6.02. The van der Waals surface area contributed by atoms with Gasteiger partial charge in [-0.3, -0.25) is 9.10 Å². The van der Waals surface area contributed by atoms with E-state index in [1.165, 1.54) is 18.2 Å². The Balaban J connectivity index is 1.89. The SMILES string of the molecule is Cc1ccc(N(CC(=O)Nc2ccc(F)c(Cl)c2)S(=O)(=O)c2cccs2)cc1. The van der Waals surface area contributed by atoms with Crippen LogP contribution in [0.5, 0.6) is 0 Å². The summed E-state index contributed by atoms with van der Waals surface area (Å²) in [5.74, 6) is -1.19. The van der Waals surface area contributed by atoms with E-state index in [1.54, 1.807) is 35.7 Å². The summed E-state index contributed by atoms with van der Waals surface area (Å²) >= 11 is 6.79. The molecule has 0 unspecified atom stereocenters. The number of nitrogens with one attached hydrogen (secondary N) is 1. The highest BCUT2D eigenvalue weighted by Gasteiger charge is 2.28. The van der Waals surface area contributed by atoms with E-state index in [1.807, 2.05) is 6.92 Å². The number of halogens is 2. The average Bonchev–Trinajstić information content (AvgIpc) is 3.19. The molecular weight excluding hydrogens is 423 g/mol. The van der Waals surface area contributed by atoms with Crippen LogP contribution in [-0.4, -0.2) is 20.9 Å². The number of aryl methyl sites for hydroxylation is 1. The normalized spacial score (nSPS) is 11.2. The molecule has 1 aromatic heterocycles. The van der Waals surface area contributed by atoms with Crippen LogP contribution in [0.3, 0.4) is 0 Å². The zero-order valence-electron chi connectivity index (χ0n) is 14.7. The number of amides is 1. The molecule has 9 heteroatoms. The van der Waals surface area contributed by atoms with Crippen LogP contribution in [0.4, 0.5) is 15.8 Å². The van der Waals surface area contributed by atoms with E-state index in [4.69, 9.17) is 11.6 Å². The fraction of sp³-hybridized carbons (Fsp3) is 0.105. The van der Waals surface area contributed by atoms with Crippen molar-refractivity contribution in [2.75, 3.05) is 16.2 Å². The molecule has 0 radical (unpaired) electrons. The zero-order valence-corrected chi connectivity index (χ0v) is 17.1. The van der Waals surface area contributed by atoms with E-state index < -0.39 is 28.3 Å². The van der Waals surface area contributed by atoms with Gasteiger partial charge in [-0.05, 0) is 48.7 Å². The van der Waals surface area contributed by atoms with Crippen LogP contribution in [-0.2, 0) is 14.8 Å². The first-order valence-electron chi connectivity index (χ1n) is 8.15. The monoisotopic (exact) mass is 438 g/mol. The summed E-state index contributed by atoms with van der Waals surface area (Å²) in [6.45, 7) is 1.44. The van der Waals surface area contributed by atoms with Crippen LogP contribution in [0.2, 0.25) is 5.02 Å². The Hall–Kier alpha value is -2.42. The van der Waals surface area contributed by atoms with Crippen molar-refractivity contribution in [1.82, 2.24) is 0 Å². The molecule has 0 saturated carbocycles. The third kappa shape index (κ3) is 4.52. The number of sulfonamides is 1. The summed E-state index contributed by atoms with van der Waals surface area (Å²) in [6.07, 6.45) is 0. The van der Waals surface area contributed by atoms with Gasteiger partial charge in [-0.25, -0.2) is 12.8 Å². The van der Waals surface area contributed by atoms with Gasteiger partial charge >= 0.3 is 0 Å². The topological polar surface area (TPSA) is 66.5 Å². The van der Waals surface area contributed by atoms with E-state index in [2.05, 4.69) is 5.32 Å². The van der Waals surface area contributed by atoms with E-state index in [9.17, 15) is 17.6 Å². The summed E-state index contributed by atoms with van der Waals surface area (Å²) in [5, 5.41) is 4.06. The highest BCUT2D eigenvalue weighted by molar-refractivity contribution is 7.94. The highest BCUT2D eigenvalue weighted by atomic mass is 35.5. The van der Waals surface area contributed by atoms with Crippen LogP contribution in [0.25, 0.3) is 0 Å². The number of rotatable bonds is 6. The van der Waals surface area contributed by atoms with Crippen molar-refractivity contribution in [3.8, 4) is 0 Å². The maximum absolute atomic E-state index is 13.3. The van der Waals surface area contributed by atoms with Crippen LogP contribution in [0, 0.1) is 12.7 Å². The van der Waals surface area contributed by atoms with Crippen LogP contribution in [0.1, 0.15) is 5.56 Å². The number of hydrogen-bond donors (Lipinski definition) is 1. The molecule has 28 heavy (non-hydrogen) atoms. The van der Waals surface area contributed by atoms with Gasteiger partial charge in [-0.1, -0.05) is 35.4 Å². The minimum absolute atomic E-state index is 0.130. The zero-order chi connectivity index (χ0) is 20.3. The number of nitrogens with zero attached hydrogens (tertiary/aromatic N) is 1. The molecule has 0 aliphatic carbocycles. The molecular formula is C19H16ClFN2O3S2. The van der Waals surface area contributed by atoms with Gasteiger partial charge in [-0.2, -0.15) is 0 Å². The van der Waals surface area contributed by atoms with Crippen molar-refractivity contribution in [2.45, 2.75) is 11.1 Å². The predicted octanol–water partition coefficient (Wildman–Crippen LogP) is 4.68. The number of hydrogen-bond acceptors (Lipinski definition) is 4. The number of anilines is 2. The summed E-state index contributed by atoms with van der Waals surface area (Å²) < 4.78 is 40.6. The summed E-state index contributed by atoms with van der Waals surface area (Å²) in [7, 11) is -3.92. The van der Waals surface area contributed by atoms with Gasteiger partial charge in [0, 0.05) is 5.69 Å². The van der Waals surface area contributed by atoms with Crippen molar-refractivity contribution in [2.24, 2.45) is 0 Å². The van der Waals surface area contributed by atoms with Crippen LogP contribution in [0.15, 0.2) is 64.2 Å². The molecule has 0 bridgehead atoms. The predicted molar refractivity (Wildman–Crippen MR) is 110 cm³/mol. The summed E-state index contributed by atoms with van der Waals surface area (Å²) in [4.78, 5) is 12.5. The van der Waals surface area contributed by atoms with Gasteiger partial charge < -0.3 is 5.32 Å². The molecule has 0 atom stereocenters. The minimum Gasteiger partial charge on any atom is -0.324 e. The van der Waals surface area contributed by atoms with Crippen molar-refractivity contribution in [3.63, 3.8) is 0 Å². The molecule has 146 valence electrons. The molecule has 0 saturated heterocycles. The second kappa shape index (κ2) is 8.30. The number of thiophene rings is 1. The fourth-order valence-electron chi connectivity index (χ4n) is 2.45. The third-order valence-corrected chi connectivity index (χ3v) is 7.29. The number of benzene rings is 2. The van der Waals surface area contributed by atoms with Crippen molar-refractivity contribution < 1.29 is 17.6 Å².